The molecule has 0 aromatic heterocycles. The number of hydrogen-bond acceptors (Lipinski definition) is 4. The Bertz CT molecular complexity index is 851. The third-order valence-electron chi connectivity index (χ3n) is 3.53. The molecule has 0 fully saturated rings. The van der Waals surface area contributed by atoms with Crippen molar-refractivity contribution in [3.05, 3.63) is 66.7 Å². The molecule has 0 radical (unpaired) electrons. The lowest BCUT2D eigenvalue weighted by Crippen LogP contribution is -2.31. The zero-order valence-corrected chi connectivity index (χ0v) is 14.9. The first-order chi connectivity index (χ1) is 12.0. The van der Waals surface area contributed by atoms with Crippen molar-refractivity contribution < 1.29 is 13.2 Å². The summed E-state index contributed by atoms with van der Waals surface area (Å²) in [6, 6.07) is 15.3. The Morgan fingerprint density at radius 3 is 2.32 bits per heavy atom. The second-order valence-corrected chi connectivity index (χ2v) is 7.09. The summed E-state index contributed by atoms with van der Waals surface area (Å²) < 4.78 is 32.6. The fourth-order valence-corrected chi connectivity index (χ4v) is 3.77. The second-order valence-electron chi connectivity index (χ2n) is 5.23. The summed E-state index contributed by atoms with van der Waals surface area (Å²) in [5.41, 5.74) is 1.36. The van der Waals surface area contributed by atoms with E-state index in [-0.39, 0.29) is 17.9 Å². The quantitative estimate of drug-likeness (QED) is 0.679. The van der Waals surface area contributed by atoms with Crippen molar-refractivity contribution in [3.63, 3.8) is 0 Å². The molecule has 25 heavy (non-hydrogen) atoms. The van der Waals surface area contributed by atoms with E-state index in [9.17, 15) is 8.42 Å². The first-order valence-electron chi connectivity index (χ1n) is 7.85. The first kappa shape index (κ1) is 18.6. The summed E-state index contributed by atoms with van der Waals surface area (Å²) in [4.78, 5) is 0.180. The Hall–Kier alpha value is -2.78. The van der Waals surface area contributed by atoms with Gasteiger partial charge in [0.2, 0.25) is 0 Å². The lowest BCUT2D eigenvalue weighted by atomic mass is 10.1. The normalized spacial score (nSPS) is 10.7. The highest BCUT2D eigenvalue weighted by Gasteiger charge is 2.24. The molecule has 0 amide bonds. The SMILES string of the molecule is C=CCN(c1ccc(CC#N)cc1)S(=O)(=O)c1ccc(OCC)cc1. The van der Waals surface area contributed by atoms with Crippen molar-refractivity contribution in [3.8, 4) is 11.8 Å². The van der Waals surface area contributed by atoms with Crippen molar-refractivity contribution in [2.45, 2.75) is 18.2 Å². The minimum absolute atomic E-state index is 0.146. The molecule has 0 N–H and O–H groups in total. The van der Waals surface area contributed by atoms with Gasteiger partial charge in [-0.1, -0.05) is 18.2 Å². The van der Waals surface area contributed by atoms with Crippen LogP contribution in [0.25, 0.3) is 0 Å². The molecule has 0 heterocycles. The van der Waals surface area contributed by atoms with Crippen LogP contribution in [0.15, 0.2) is 66.1 Å². The van der Waals surface area contributed by atoms with Crippen LogP contribution in [-0.4, -0.2) is 21.6 Å². The third-order valence-corrected chi connectivity index (χ3v) is 5.33. The molecule has 2 aromatic carbocycles. The molecule has 0 unspecified atom stereocenters. The van der Waals surface area contributed by atoms with Gasteiger partial charge in [0.15, 0.2) is 0 Å². The van der Waals surface area contributed by atoms with Gasteiger partial charge in [-0.05, 0) is 48.9 Å². The monoisotopic (exact) mass is 356 g/mol. The van der Waals surface area contributed by atoms with E-state index in [2.05, 4.69) is 12.6 Å². The fourth-order valence-electron chi connectivity index (χ4n) is 2.33. The van der Waals surface area contributed by atoms with Crippen molar-refractivity contribution in [1.29, 1.82) is 5.26 Å². The van der Waals surface area contributed by atoms with E-state index in [0.717, 1.165) is 5.56 Å². The first-order valence-corrected chi connectivity index (χ1v) is 9.29. The minimum atomic E-state index is -3.73. The summed E-state index contributed by atoms with van der Waals surface area (Å²) in [6.07, 6.45) is 1.82. The number of nitriles is 1. The summed E-state index contributed by atoms with van der Waals surface area (Å²) >= 11 is 0. The van der Waals surface area contributed by atoms with Gasteiger partial charge >= 0.3 is 0 Å². The molecular weight excluding hydrogens is 336 g/mol. The molecule has 0 aliphatic heterocycles. The van der Waals surface area contributed by atoms with Gasteiger partial charge < -0.3 is 4.74 Å². The van der Waals surface area contributed by atoms with Crippen molar-refractivity contribution in [1.82, 2.24) is 0 Å². The second kappa shape index (κ2) is 8.36. The van der Waals surface area contributed by atoms with Crippen LogP contribution >= 0.6 is 0 Å². The molecule has 0 aliphatic rings. The molecule has 0 spiro atoms. The molecule has 0 aliphatic carbocycles. The standard InChI is InChI=1S/C19H20N2O3S/c1-3-15-21(17-7-5-16(6-8-17)13-14-20)25(22,23)19-11-9-18(10-12-19)24-4-2/h3,5-12H,1,4,13,15H2,2H3. The molecule has 5 nitrogen and oxygen atoms in total. The van der Waals surface area contributed by atoms with Crippen LogP contribution in [0.1, 0.15) is 12.5 Å². The lowest BCUT2D eigenvalue weighted by molar-refractivity contribution is 0.340. The maximum atomic E-state index is 13.0. The minimum Gasteiger partial charge on any atom is -0.494 e. The van der Waals surface area contributed by atoms with Gasteiger partial charge in [-0.25, -0.2) is 8.42 Å². The molecule has 0 atom stereocenters. The van der Waals surface area contributed by atoms with E-state index in [4.69, 9.17) is 10.00 Å². The van der Waals surface area contributed by atoms with Crippen LogP contribution in [0, 0.1) is 11.3 Å². The smallest absolute Gasteiger partial charge is 0.264 e. The Labute approximate surface area is 148 Å². The third kappa shape index (κ3) is 4.40. The van der Waals surface area contributed by atoms with Crippen LogP contribution in [0.3, 0.4) is 0 Å². The van der Waals surface area contributed by atoms with Crippen LogP contribution in [-0.2, 0) is 16.4 Å². The van der Waals surface area contributed by atoms with E-state index in [0.29, 0.717) is 18.0 Å². The van der Waals surface area contributed by atoms with Gasteiger partial charge in [-0.3, -0.25) is 4.31 Å². The summed E-state index contributed by atoms with van der Waals surface area (Å²) in [5.74, 6) is 0.623. The van der Waals surface area contributed by atoms with E-state index in [1.807, 2.05) is 6.92 Å². The van der Waals surface area contributed by atoms with Gasteiger partial charge in [-0.15, -0.1) is 6.58 Å². The molecule has 2 rings (SSSR count). The fraction of sp³-hybridized carbons (Fsp3) is 0.211. The summed E-state index contributed by atoms with van der Waals surface area (Å²) in [5, 5.41) is 8.74. The average Bonchev–Trinajstić information content (AvgIpc) is 2.61. The number of benzene rings is 2. The zero-order valence-electron chi connectivity index (χ0n) is 14.1. The molecule has 0 bridgehead atoms. The van der Waals surface area contributed by atoms with Gasteiger partial charge in [0, 0.05) is 0 Å². The average molecular weight is 356 g/mol. The highest BCUT2D eigenvalue weighted by atomic mass is 32.2. The Morgan fingerprint density at radius 1 is 1.16 bits per heavy atom. The Kier molecular flexibility index (Phi) is 6.20. The lowest BCUT2D eigenvalue weighted by Gasteiger charge is -2.23. The van der Waals surface area contributed by atoms with Gasteiger partial charge in [0.1, 0.15) is 5.75 Å². The van der Waals surface area contributed by atoms with E-state index < -0.39 is 10.0 Å². The van der Waals surface area contributed by atoms with Gasteiger partial charge in [0.25, 0.3) is 10.0 Å². The number of rotatable bonds is 8. The molecule has 130 valence electrons. The predicted molar refractivity (Wildman–Crippen MR) is 98.1 cm³/mol. The highest BCUT2D eigenvalue weighted by molar-refractivity contribution is 7.92. The zero-order chi connectivity index (χ0) is 18.3. The van der Waals surface area contributed by atoms with Crippen LogP contribution in [0.5, 0.6) is 5.75 Å². The molecule has 6 heteroatoms. The number of hydrogen-bond donors (Lipinski definition) is 0. The Balaban J connectivity index is 2.37. The molecule has 0 saturated carbocycles. The van der Waals surface area contributed by atoms with Crippen molar-refractivity contribution in [2.75, 3.05) is 17.5 Å². The largest absolute Gasteiger partial charge is 0.494 e. The Morgan fingerprint density at radius 2 is 1.80 bits per heavy atom. The van der Waals surface area contributed by atoms with Crippen molar-refractivity contribution >= 4 is 15.7 Å². The van der Waals surface area contributed by atoms with Crippen LogP contribution in [0.2, 0.25) is 0 Å². The van der Waals surface area contributed by atoms with Crippen LogP contribution < -0.4 is 9.04 Å². The maximum absolute atomic E-state index is 13.0. The van der Waals surface area contributed by atoms with E-state index >= 15 is 0 Å². The number of sulfonamides is 1. The van der Waals surface area contributed by atoms with Gasteiger partial charge in [-0.2, -0.15) is 5.26 Å². The van der Waals surface area contributed by atoms with Crippen molar-refractivity contribution in [2.24, 2.45) is 0 Å². The topological polar surface area (TPSA) is 70.4 Å². The van der Waals surface area contributed by atoms with E-state index in [1.165, 1.54) is 22.5 Å². The number of nitrogens with zero attached hydrogens (tertiary/aromatic N) is 2. The molecular formula is C19H20N2O3S. The molecule has 0 saturated heterocycles. The number of ether oxygens (including phenoxy) is 1. The number of anilines is 1. The summed E-state index contributed by atoms with van der Waals surface area (Å²) in [6.45, 7) is 6.18. The highest BCUT2D eigenvalue weighted by Crippen LogP contribution is 2.25. The summed E-state index contributed by atoms with van der Waals surface area (Å²) in [7, 11) is -3.73. The van der Waals surface area contributed by atoms with Crippen LogP contribution in [0.4, 0.5) is 5.69 Å². The predicted octanol–water partition coefficient (Wildman–Crippen LogP) is 3.53. The van der Waals surface area contributed by atoms with Gasteiger partial charge in [0.05, 0.1) is 36.2 Å². The molecule has 2 aromatic rings. The maximum Gasteiger partial charge on any atom is 0.264 e. The van der Waals surface area contributed by atoms with E-state index in [1.54, 1.807) is 36.4 Å².